The van der Waals surface area contributed by atoms with Crippen LogP contribution in [0.5, 0.6) is 11.5 Å². The third kappa shape index (κ3) is 6.08. The molecule has 3 aromatic rings. The number of aliphatic carboxylic acids is 1. The van der Waals surface area contributed by atoms with Gasteiger partial charge in [0.25, 0.3) is 0 Å². The lowest BCUT2D eigenvalue weighted by Crippen LogP contribution is -2.34. The first-order valence-corrected chi connectivity index (χ1v) is 12.3. The van der Waals surface area contributed by atoms with Crippen molar-refractivity contribution in [3.63, 3.8) is 0 Å². The Labute approximate surface area is 211 Å². The Kier molecular flexibility index (Phi) is 8.31. The van der Waals surface area contributed by atoms with Gasteiger partial charge in [-0.15, -0.1) is 0 Å². The molecule has 0 amide bonds. The van der Waals surface area contributed by atoms with Gasteiger partial charge in [-0.25, -0.2) is 4.39 Å². The predicted octanol–water partition coefficient (Wildman–Crippen LogP) is 5.60. The number of anilines is 2. The Morgan fingerprint density at radius 3 is 2.64 bits per heavy atom. The Balaban J connectivity index is 1.42. The molecule has 3 aromatic carbocycles. The largest absolute Gasteiger partial charge is 0.493 e. The van der Waals surface area contributed by atoms with Gasteiger partial charge in [0.2, 0.25) is 0 Å². The molecule has 0 bridgehead atoms. The van der Waals surface area contributed by atoms with E-state index in [4.69, 9.17) is 14.6 Å². The summed E-state index contributed by atoms with van der Waals surface area (Å²) in [6, 6.07) is 16.9. The lowest BCUT2D eigenvalue weighted by Gasteiger charge is -2.33. The number of hydrogen-bond donors (Lipinski definition) is 2. The van der Waals surface area contributed by atoms with E-state index in [0.717, 1.165) is 43.0 Å². The molecule has 0 aliphatic carbocycles. The molecule has 1 heterocycles. The number of benzene rings is 3. The summed E-state index contributed by atoms with van der Waals surface area (Å²) in [6.45, 7) is 5.01. The SMILES string of the molecule is COc1ccccc1OCCN1CCCc2ccc(CNc3ccc(CCC(=O)O)c(F)c3)c(C)c21. The van der Waals surface area contributed by atoms with Gasteiger partial charge < -0.3 is 24.8 Å². The summed E-state index contributed by atoms with van der Waals surface area (Å²) in [4.78, 5) is 13.2. The fraction of sp³-hybridized carbons (Fsp3) is 0.345. The van der Waals surface area contributed by atoms with Crippen LogP contribution in [0.15, 0.2) is 54.6 Å². The van der Waals surface area contributed by atoms with Crippen molar-refractivity contribution in [2.45, 2.75) is 39.2 Å². The molecule has 0 fully saturated rings. The van der Waals surface area contributed by atoms with Crippen LogP contribution >= 0.6 is 0 Å². The zero-order chi connectivity index (χ0) is 25.5. The van der Waals surface area contributed by atoms with Crippen molar-refractivity contribution < 1.29 is 23.8 Å². The summed E-state index contributed by atoms with van der Waals surface area (Å²) in [7, 11) is 1.64. The first-order chi connectivity index (χ1) is 17.5. The number of carboxylic acid groups (broad SMARTS) is 1. The normalized spacial score (nSPS) is 12.7. The number of halogens is 1. The molecule has 0 saturated carbocycles. The van der Waals surface area contributed by atoms with Crippen molar-refractivity contribution in [2.75, 3.05) is 37.0 Å². The first-order valence-electron chi connectivity index (χ1n) is 12.3. The number of hydrogen-bond acceptors (Lipinski definition) is 5. The fourth-order valence-corrected chi connectivity index (χ4v) is 4.73. The van der Waals surface area contributed by atoms with Crippen molar-refractivity contribution in [1.82, 2.24) is 0 Å². The summed E-state index contributed by atoms with van der Waals surface area (Å²) < 4.78 is 25.8. The van der Waals surface area contributed by atoms with E-state index in [1.165, 1.54) is 22.9 Å². The van der Waals surface area contributed by atoms with Crippen molar-refractivity contribution in [3.8, 4) is 11.5 Å². The van der Waals surface area contributed by atoms with Gasteiger partial charge in [0.15, 0.2) is 11.5 Å². The topological polar surface area (TPSA) is 71.0 Å². The van der Waals surface area contributed by atoms with Gasteiger partial charge in [-0.3, -0.25) is 4.79 Å². The number of aryl methyl sites for hydroxylation is 2. The van der Waals surface area contributed by atoms with Gasteiger partial charge in [-0.2, -0.15) is 0 Å². The van der Waals surface area contributed by atoms with Gasteiger partial charge in [-0.1, -0.05) is 30.3 Å². The van der Waals surface area contributed by atoms with Crippen LogP contribution in [0.4, 0.5) is 15.8 Å². The van der Waals surface area contributed by atoms with E-state index in [9.17, 15) is 9.18 Å². The van der Waals surface area contributed by atoms with Gasteiger partial charge in [-0.05, 0) is 72.7 Å². The monoisotopic (exact) mass is 492 g/mol. The highest BCUT2D eigenvalue weighted by Gasteiger charge is 2.21. The lowest BCUT2D eigenvalue weighted by molar-refractivity contribution is -0.136. The van der Waals surface area contributed by atoms with Gasteiger partial charge in [0, 0.05) is 30.9 Å². The maximum Gasteiger partial charge on any atom is 0.303 e. The molecule has 4 rings (SSSR count). The van der Waals surface area contributed by atoms with E-state index in [1.54, 1.807) is 19.2 Å². The maximum atomic E-state index is 14.4. The zero-order valence-corrected chi connectivity index (χ0v) is 20.9. The van der Waals surface area contributed by atoms with Gasteiger partial charge in [0.1, 0.15) is 12.4 Å². The molecule has 0 atom stereocenters. The molecule has 7 heteroatoms. The average Bonchev–Trinajstić information content (AvgIpc) is 2.88. The van der Waals surface area contributed by atoms with E-state index >= 15 is 0 Å². The molecule has 6 nitrogen and oxygen atoms in total. The number of carbonyl (C=O) groups is 1. The number of rotatable bonds is 11. The van der Waals surface area contributed by atoms with Crippen LogP contribution in [0.1, 0.15) is 35.1 Å². The summed E-state index contributed by atoms with van der Waals surface area (Å²) in [5.74, 6) is 0.157. The molecule has 0 radical (unpaired) electrons. The van der Waals surface area contributed by atoms with E-state index in [-0.39, 0.29) is 18.7 Å². The Bertz CT molecular complexity index is 1210. The highest BCUT2D eigenvalue weighted by Crippen LogP contribution is 2.33. The van der Waals surface area contributed by atoms with Gasteiger partial charge in [0.05, 0.1) is 13.7 Å². The molecule has 1 aliphatic heterocycles. The van der Waals surface area contributed by atoms with E-state index in [2.05, 4.69) is 29.3 Å². The fourth-order valence-electron chi connectivity index (χ4n) is 4.73. The van der Waals surface area contributed by atoms with Crippen LogP contribution in [0.3, 0.4) is 0 Å². The molecule has 190 valence electrons. The van der Waals surface area contributed by atoms with E-state index in [1.807, 2.05) is 24.3 Å². The molecular formula is C29H33FN2O4. The summed E-state index contributed by atoms with van der Waals surface area (Å²) >= 11 is 0. The van der Waals surface area contributed by atoms with Crippen LogP contribution in [-0.4, -0.2) is 37.9 Å². The number of para-hydroxylation sites is 2. The molecule has 0 spiro atoms. The number of carboxylic acids is 1. The van der Waals surface area contributed by atoms with Crippen molar-refractivity contribution in [1.29, 1.82) is 0 Å². The Morgan fingerprint density at radius 2 is 1.89 bits per heavy atom. The number of nitrogens with zero attached hydrogens (tertiary/aromatic N) is 1. The Hall–Kier alpha value is -3.74. The standard InChI is InChI=1S/C29H33FN2O4/c1-20-23(19-31-24-13-11-21(25(30)18-24)12-14-28(33)34)10-9-22-6-5-15-32(29(20)22)16-17-36-27-8-4-3-7-26(27)35-2/h3-4,7-11,13,18,31H,5-6,12,14-17,19H2,1-2H3,(H,33,34). The molecule has 0 unspecified atom stereocenters. The number of fused-ring (bicyclic) bond motifs is 1. The quantitative estimate of drug-likeness (QED) is 0.363. The molecular weight excluding hydrogens is 459 g/mol. The number of nitrogens with one attached hydrogen (secondary N) is 1. The minimum Gasteiger partial charge on any atom is -0.493 e. The highest BCUT2D eigenvalue weighted by molar-refractivity contribution is 5.67. The van der Waals surface area contributed by atoms with E-state index in [0.29, 0.717) is 24.4 Å². The molecule has 0 aromatic heterocycles. The second-order valence-corrected chi connectivity index (χ2v) is 9.00. The van der Waals surface area contributed by atoms with Gasteiger partial charge >= 0.3 is 5.97 Å². The van der Waals surface area contributed by atoms with Crippen LogP contribution < -0.4 is 19.7 Å². The molecule has 0 saturated heterocycles. The second kappa shape index (κ2) is 11.8. The third-order valence-corrected chi connectivity index (χ3v) is 6.65. The molecule has 1 aliphatic rings. The zero-order valence-electron chi connectivity index (χ0n) is 20.9. The van der Waals surface area contributed by atoms with Crippen LogP contribution in [0, 0.1) is 12.7 Å². The summed E-state index contributed by atoms with van der Waals surface area (Å²) in [5.41, 5.74) is 6.06. The first kappa shape index (κ1) is 25.4. The molecule has 36 heavy (non-hydrogen) atoms. The molecule has 2 N–H and O–H groups in total. The number of methoxy groups -OCH3 is 1. The smallest absolute Gasteiger partial charge is 0.303 e. The van der Waals surface area contributed by atoms with Crippen molar-refractivity contribution in [2.24, 2.45) is 0 Å². The summed E-state index contributed by atoms with van der Waals surface area (Å²) in [6.07, 6.45) is 2.25. The average molecular weight is 493 g/mol. The third-order valence-electron chi connectivity index (χ3n) is 6.65. The number of ether oxygens (including phenoxy) is 2. The highest BCUT2D eigenvalue weighted by atomic mass is 19.1. The van der Waals surface area contributed by atoms with Crippen LogP contribution in [0.25, 0.3) is 0 Å². The lowest BCUT2D eigenvalue weighted by atomic mass is 9.94. The predicted molar refractivity (Wildman–Crippen MR) is 140 cm³/mol. The summed E-state index contributed by atoms with van der Waals surface area (Å²) in [5, 5.41) is 12.2. The maximum absolute atomic E-state index is 14.4. The van der Waals surface area contributed by atoms with Crippen molar-refractivity contribution in [3.05, 3.63) is 82.7 Å². The Morgan fingerprint density at radius 1 is 1.11 bits per heavy atom. The van der Waals surface area contributed by atoms with Crippen molar-refractivity contribution >= 4 is 17.3 Å². The minimum atomic E-state index is -0.931. The minimum absolute atomic E-state index is 0.0849. The van der Waals surface area contributed by atoms with E-state index < -0.39 is 5.97 Å². The van der Waals surface area contributed by atoms with Crippen LogP contribution in [0.2, 0.25) is 0 Å². The van der Waals surface area contributed by atoms with Crippen LogP contribution in [-0.2, 0) is 24.2 Å². The second-order valence-electron chi connectivity index (χ2n) is 9.00.